The lowest BCUT2D eigenvalue weighted by Crippen LogP contribution is -2.46. The van der Waals surface area contributed by atoms with Gasteiger partial charge in [0.05, 0.1) is 7.11 Å². The van der Waals surface area contributed by atoms with Gasteiger partial charge in [0.2, 0.25) is 5.79 Å². The molecule has 0 aromatic heterocycles. The Morgan fingerprint density at radius 2 is 2.08 bits per heavy atom. The Labute approximate surface area is 142 Å². The molecule has 0 saturated heterocycles. The van der Waals surface area contributed by atoms with Crippen LogP contribution in [0.1, 0.15) is 38.7 Å². The molecule has 134 valence electrons. The van der Waals surface area contributed by atoms with E-state index in [1.54, 1.807) is 12.1 Å². The summed E-state index contributed by atoms with van der Waals surface area (Å²) >= 11 is 0. The molecule has 1 aromatic carbocycles. The van der Waals surface area contributed by atoms with Crippen molar-refractivity contribution in [1.82, 2.24) is 5.32 Å². The first-order chi connectivity index (χ1) is 11.3. The molecule has 0 saturated carbocycles. The van der Waals surface area contributed by atoms with E-state index in [0.717, 1.165) is 0 Å². The Balaban J connectivity index is 2.47. The number of carbonyl (C=O) groups excluding carboxylic acids is 1. The van der Waals surface area contributed by atoms with Crippen molar-refractivity contribution in [1.29, 1.82) is 0 Å². The van der Waals surface area contributed by atoms with Crippen LogP contribution in [0.25, 0.3) is 0 Å². The highest BCUT2D eigenvalue weighted by molar-refractivity contribution is 5.82. The van der Waals surface area contributed by atoms with Gasteiger partial charge in [-0.2, -0.15) is 0 Å². The fourth-order valence-corrected chi connectivity index (χ4v) is 2.10. The van der Waals surface area contributed by atoms with Gasteiger partial charge in [-0.3, -0.25) is 4.79 Å². The standard InChI is InChI=1S/C18H27NO5/c1-13(2)7-5-4-6-10-18(22,23)17(21)19-12-14-8-9-15(20)16(11-14)24-3/h5,7-9,11,13,20,22-23H,4,6,10,12H2,1-3H3,(H,19,21)/b7-5+. The van der Waals surface area contributed by atoms with E-state index in [1.807, 2.05) is 12.2 Å². The van der Waals surface area contributed by atoms with Gasteiger partial charge < -0.3 is 25.4 Å². The molecule has 1 aromatic rings. The molecule has 6 nitrogen and oxygen atoms in total. The van der Waals surface area contributed by atoms with Crippen LogP contribution in [-0.4, -0.2) is 34.1 Å². The minimum absolute atomic E-state index is 0.000641. The van der Waals surface area contributed by atoms with E-state index in [-0.39, 0.29) is 24.5 Å². The average Bonchev–Trinajstić information content (AvgIpc) is 2.52. The maximum Gasteiger partial charge on any atom is 0.280 e. The first-order valence-corrected chi connectivity index (χ1v) is 8.02. The average molecular weight is 337 g/mol. The number of benzene rings is 1. The van der Waals surface area contributed by atoms with Crippen molar-refractivity contribution < 1.29 is 24.9 Å². The fourth-order valence-electron chi connectivity index (χ4n) is 2.10. The van der Waals surface area contributed by atoms with Crippen molar-refractivity contribution in [3.8, 4) is 11.5 Å². The topological polar surface area (TPSA) is 99.0 Å². The maximum absolute atomic E-state index is 11.9. The summed E-state index contributed by atoms with van der Waals surface area (Å²) in [5.74, 6) is -2.50. The van der Waals surface area contributed by atoms with Crippen LogP contribution in [0.15, 0.2) is 30.4 Å². The van der Waals surface area contributed by atoms with Crippen LogP contribution in [0.4, 0.5) is 0 Å². The molecule has 0 spiro atoms. The third-order valence-corrected chi connectivity index (χ3v) is 3.48. The highest BCUT2D eigenvalue weighted by Gasteiger charge is 2.32. The zero-order chi connectivity index (χ0) is 18.2. The van der Waals surface area contributed by atoms with Crippen molar-refractivity contribution in [2.24, 2.45) is 5.92 Å². The van der Waals surface area contributed by atoms with Crippen molar-refractivity contribution in [3.05, 3.63) is 35.9 Å². The molecule has 0 heterocycles. The molecule has 0 atom stereocenters. The molecule has 24 heavy (non-hydrogen) atoms. The molecule has 6 heteroatoms. The number of rotatable bonds is 9. The Morgan fingerprint density at radius 3 is 2.71 bits per heavy atom. The van der Waals surface area contributed by atoms with Gasteiger partial charge in [0.15, 0.2) is 11.5 Å². The van der Waals surface area contributed by atoms with Crippen molar-refractivity contribution in [2.45, 2.75) is 45.4 Å². The second-order valence-electron chi connectivity index (χ2n) is 6.07. The van der Waals surface area contributed by atoms with E-state index in [4.69, 9.17) is 4.74 Å². The van der Waals surface area contributed by atoms with Crippen molar-refractivity contribution in [3.63, 3.8) is 0 Å². The minimum atomic E-state index is -2.40. The van der Waals surface area contributed by atoms with Crippen LogP contribution < -0.4 is 10.1 Å². The highest BCUT2D eigenvalue weighted by atomic mass is 16.5. The highest BCUT2D eigenvalue weighted by Crippen LogP contribution is 2.26. The maximum atomic E-state index is 11.9. The summed E-state index contributed by atoms with van der Waals surface area (Å²) in [5.41, 5.74) is 0.675. The number of phenols is 1. The first kappa shape index (κ1) is 20.0. The number of allylic oxidation sites excluding steroid dienone is 2. The monoisotopic (exact) mass is 337 g/mol. The number of hydrogen-bond donors (Lipinski definition) is 4. The molecule has 0 radical (unpaired) electrons. The van der Waals surface area contributed by atoms with E-state index in [0.29, 0.717) is 24.3 Å². The normalized spacial score (nSPS) is 11.9. The van der Waals surface area contributed by atoms with Gasteiger partial charge in [-0.25, -0.2) is 0 Å². The van der Waals surface area contributed by atoms with Gasteiger partial charge in [0, 0.05) is 13.0 Å². The Kier molecular flexibility index (Phi) is 7.74. The predicted molar refractivity (Wildman–Crippen MR) is 91.5 cm³/mol. The summed E-state index contributed by atoms with van der Waals surface area (Å²) in [6, 6.07) is 4.64. The zero-order valence-corrected chi connectivity index (χ0v) is 14.5. The van der Waals surface area contributed by atoms with E-state index in [9.17, 15) is 20.1 Å². The largest absolute Gasteiger partial charge is 0.504 e. The van der Waals surface area contributed by atoms with Crippen LogP contribution in [0, 0.1) is 5.92 Å². The molecule has 1 amide bonds. The Morgan fingerprint density at radius 1 is 1.38 bits per heavy atom. The second-order valence-corrected chi connectivity index (χ2v) is 6.07. The van der Waals surface area contributed by atoms with Gasteiger partial charge in [0.1, 0.15) is 0 Å². The third kappa shape index (κ3) is 6.60. The summed E-state index contributed by atoms with van der Waals surface area (Å²) in [4.78, 5) is 11.9. The van der Waals surface area contributed by atoms with Crippen LogP contribution in [0.2, 0.25) is 0 Å². The van der Waals surface area contributed by atoms with Gasteiger partial charge >= 0.3 is 0 Å². The van der Waals surface area contributed by atoms with E-state index < -0.39 is 11.7 Å². The molecule has 0 bridgehead atoms. The molecular formula is C18H27NO5. The molecule has 0 unspecified atom stereocenters. The number of phenolic OH excluding ortho intramolecular Hbond substituents is 1. The smallest absolute Gasteiger partial charge is 0.280 e. The predicted octanol–water partition coefficient (Wildman–Crippen LogP) is 2.08. The Hall–Kier alpha value is -2.05. The number of amides is 1. The molecule has 1 rings (SSSR count). The quantitative estimate of drug-likeness (QED) is 0.314. The number of unbranched alkanes of at least 4 members (excludes halogenated alkanes) is 1. The number of hydrogen-bond acceptors (Lipinski definition) is 5. The SMILES string of the molecule is COc1cc(CNC(=O)C(O)(O)CCC/C=C/C(C)C)ccc1O. The van der Waals surface area contributed by atoms with Crippen LogP contribution in [0.3, 0.4) is 0 Å². The number of aromatic hydroxyl groups is 1. The van der Waals surface area contributed by atoms with Crippen LogP contribution in [0.5, 0.6) is 11.5 Å². The lowest BCUT2D eigenvalue weighted by molar-refractivity contribution is -0.187. The molecule has 4 N–H and O–H groups in total. The number of aliphatic hydroxyl groups is 2. The molecular weight excluding hydrogens is 310 g/mol. The van der Waals surface area contributed by atoms with Crippen molar-refractivity contribution >= 4 is 5.91 Å². The number of carbonyl (C=O) groups is 1. The second kappa shape index (κ2) is 9.30. The summed E-state index contributed by atoms with van der Waals surface area (Å²) in [5, 5.41) is 31.7. The molecule has 0 fully saturated rings. The lowest BCUT2D eigenvalue weighted by atomic mass is 10.1. The van der Waals surface area contributed by atoms with E-state index in [2.05, 4.69) is 19.2 Å². The molecule has 0 aliphatic heterocycles. The number of ether oxygens (including phenoxy) is 1. The third-order valence-electron chi connectivity index (χ3n) is 3.48. The number of nitrogens with one attached hydrogen (secondary N) is 1. The van der Waals surface area contributed by atoms with Gasteiger partial charge in [-0.05, 0) is 36.5 Å². The number of methoxy groups -OCH3 is 1. The fraction of sp³-hybridized carbons (Fsp3) is 0.500. The van der Waals surface area contributed by atoms with Gasteiger partial charge in [-0.1, -0.05) is 32.1 Å². The molecule has 0 aliphatic rings. The van der Waals surface area contributed by atoms with E-state index in [1.165, 1.54) is 13.2 Å². The summed E-state index contributed by atoms with van der Waals surface area (Å²) in [6.45, 7) is 4.22. The lowest BCUT2D eigenvalue weighted by Gasteiger charge is -2.20. The summed E-state index contributed by atoms with van der Waals surface area (Å²) in [7, 11) is 1.43. The van der Waals surface area contributed by atoms with Crippen LogP contribution in [-0.2, 0) is 11.3 Å². The Bertz CT molecular complexity index is 567. The minimum Gasteiger partial charge on any atom is -0.504 e. The zero-order valence-electron chi connectivity index (χ0n) is 14.5. The first-order valence-electron chi connectivity index (χ1n) is 8.02. The summed E-state index contributed by atoms with van der Waals surface area (Å²) in [6.07, 6.45) is 5.15. The van der Waals surface area contributed by atoms with E-state index >= 15 is 0 Å². The van der Waals surface area contributed by atoms with Crippen molar-refractivity contribution in [2.75, 3.05) is 7.11 Å². The van der Waals surface area contributed by atoms with Gasteiger partial charge in [-0.15, -0.1) is 0 Å². The summed E-state index contributed by atoms with van der Waals surface area (Å²) < 4.78 is 4.98. The van der Waals surface area contributed by atoms with Crippen LogP contribution >= 0.6 is 0 Å². The molecule has 0 aliphatic carbocycles. The van der Waals surface area contributed by atoms with Gasteiger partial charge in [0.25, 0.3) is 5.91 Å².